The van der Waals surface area contributed by atoms with Crippen molar-refractivity contribution >= 4 is 23.8 Å². The summed E-state index contributed by atoms with van der Waals surface area (Å²) in [7, 11) is 0. The van der Waals surface area contributed by atoms with Crippen LogP contribution < -0.4 is 10.6 Å². The zero-order valence-electron chi connectivity index (χ0n) is 11.5. The predicted molar refractivity (Wildman–Crippen MR) is 77.0 cm³/mol. The van der Waals surface area contributed by atoms with Crippen molar-refractivity contribution in [2.24, 2.45) is 11.3 Å². The topological polar surface area (TPSA) is 87.7 Å². The summed E-state index contributed by atoms with van der Waals surface area (Å²) in [6.45, 7) is 1.71. The molecule has 2 saturated heterocycles. The van der Waals surface area contributed by atoms with E-state index in [1.807, 2.05) is 11.8 Å². The highest BCUT2D eigenvalue weighted by Crippen LogP contribution is 2.30. The lowest BCUT2D eigenvalue weighted by atomic mass is 9.80. The second-order valence-corrected chi connectivity index (χ2v) is 6.64. The van der Waals surface area contributed by atoms with E-state index in [0.717, 1.165) is 17.9 Å². The molecular weight excluding hydrogens is 280 g/mol. The van der Waals surface area contributed by atoms with Gasteiger partial charge in [-0.05, 0) is 36.7 Å². The lowest BCUT2D eigenvalue weighted by molar-refractivity contribution is -0.154. The number of rotatable bonds is 5. The van der Waals surface area contributed by atoms with Gasteiger partial charge in [-0.3, -0.25) is 4.79 Å². The van der Waals surface area contributed by atoms with Gasteiger partial charge < -0.3 is 20.5 Å². The number of hydrogen-bond donors (Lipinski definition) is 3. The largest absolute Gasteiger partial charge is 0.481 e. The van der Waals surface area contributed by atoms with Gasteiger partial charge in [-0.15, -0.1) is 0 Å². The molecule has 7 heteroatoms. The molecule has 1 unspecified atom stereocenters. The van der Waals surface area contributed by atoms with Gasteiger partial charge in [0.05, 0.1) is 5.41 Å². The van der Waals surface area contributed by atoms with Crippen molar-refractivity contribution in [1.82, 2.24) is 10.6 Å². The maximum absolute atomic E-state index is 11.8. The predicted octanol–water partition coefficient (Wildman–Crippen LogP) is 0.920. The van der Waals surface area contributed by atoms with Crippen LogP contribution in [0.5, 0.6) is 0 Å². The third kappa shape index (κ3) is 4.02. The Labute approximate surface area is 123 Å². The summed E-state index contributed by atoms with van der Waals surface area (Å²) in [5, 5.41) is 14.9. The molecule has 0 aliphatic carbocycles. The first-order valence-electron chi connectivity index (χ1n) is 7.03. The summed E-state index contributed by atoms with van der Waals surface area (Å²) in [5.41, 5.74) is -0.876. The molecule has 20 heavy (non-hydrogen) atoms. The minimum absolute atomic E-state index is 0.164. The highest BCUT2D eigenvalue weighted by Gasteiger charge is 2.40. The van der Waals surface area contributed by atoms with E-state index in [0.29, 0.717) is 38.5 Å². The third-order valence-corrected chi connectivity index (χ3v) is 5.30. The monoisotopic (exact) mass is 302 g/mol. The number of aliphatic carboxylic acids is 1. The Morgan fingerprint density at radius 3 is 2.65 bits per heavy atom. The van der Waals surface area contributed by atoms with E-state index in [9.17, 15) is 14.7 Å². The van der Waals surface area contributed by atoms with Crippen molar-refractivity contribution < 1.29 is 19.4 Å². The maximum Gasteiger partial charge on any atom is 0.314 e. The minimum Gasteiger partial charge on any atom is -0.481 e. The Morgan fingerprint density at radius 1 is 1.30 bits per heavy atom. The summed E-state index contributed by atoms with van der Waals surface area (Å²) in [6, 6.07) is -0.269. The number of urea groups is 1. The van der Waals surface area contributed by atoms with Crippen molar-refractivity contribution in [2.75, 3.05) is 37.8 Å². The first-order chi connectivity index (χ1) is 9.62. The van der Waals surface area contributed by atoms with Gasteiger partial charge in [0.1, 0.15) is 0 Å². The molecule has 2 aliphatic heterocycles. The fourth-order valence-electron chi connectivity index (χ4n) is 2.52. The van der Waals surface area contributed by atoms with Crippen LogP contribution in [0.4, 0.5) is 4.79 Å². The van der Waals surface area contributed by atoms with Gasteiger partial charge in [0.15, 0.2) is 0 Å². The number of ether oxygens (including phenoxy) is 1. The summed E-state index contributed by atoms with van der Waals surface area (Å²) in [4.78, 5) is 23.2. The molecule has 2 amide bonds. The number of carboxylic acids is 1. The highest BCUT2D eigenvalue weighted by atomic mass is 32.2. The third-order valence-electron chi connectivity index (χ3n) is 4.07. The van der Waals surface area contributed by atoms with Crippen LogP contribution >= 0.6 is 11.8 Å². The highest BCUT2D eigenvalue weighted by molar-refractivity contribution is 7.99. The van der Waals surface area contributed by atoms with Crippen molar-refractivity contribution in [3.05, 3.63) is 0 Å². The molecule has 0 aromatic rings. The van der Waals surface area contributed by atoms with Crippen LogP contribution in [0.25, 0.3) is 0 Å². The first kappa shape index (κ1) is 15.4. The van der Waals surface area contributed by atoms with Crippen LogP contribution in [0.1, 0.15) is 19.3 Å². The summed E-state index contributed by atoms with van der Waals surface area (Å²) in [5.74, 6) is 1.95. The van der Waals surface area contributed by atoms with Gasteiger partial charge in [0.2, 0.25) is 0 Å². The second-order valence-electron chi connectivity index (χ2n) is 5.49. The first-order valence-corrected chi connectivity index (χ1v) is 8.18. The van der Waals surface area contributed by atoms with Crippen molar-refractivity contribution in [3.8, 4) is 0 Å². The quantitative estimate of drug-likeness (QED) is 0.703. The Bertz CT molecular complexity index is 352. The number of thioether (sulfide) groups is 1. The molecule has 114 valence electrons. The van der Waals surface area contributed by atoms with Gasteiger partial charge in [0, 0.05) is 26.3 Å². The van der Waals surface area contributed by atoms with Crippen LogP contribution in [0.3, 0.4) is 0 Å². The molecule has 0 bridgehead atoms. The Kier molecular flexibility index (Phi) is 5.54. The lowest BCUT2D eigenvalue weighted by Gasteiger charge is -2.33. The average Bonchev–Trinajstić information content (AvgIpc) is 2.97. The zero-order valence-corrected chi connectivity index (χ0v) is 12.3. The van der Waals surface area contributed by atoms with Gasteiger partial charge in [-0.25, -0.2) is 4.79 Å². The molecule has 2 aliphatic rings. The van der Waals surface area contributed by atoms with E-state index in [-0.39, 0.29) is 12.6 Å². The van der Waals surface area contributed by atoms with Crippen LogP contribution in [-0.4, -0.2) is 54.9 Å². The second kappa shape index (κ2) is 7.17. The molecule has 0 spiro atoms. The summed E-state index contributed by atoms with van der Waals surface area (Å²) >= 11 is 1.91. The Balaban J connectivity index is 1.74. The summed E-state index contributed by atoms with van der Waals surface area (Å²) < 4.78 is 5.20. The van der Waals surface area contributed by atoms with Gasteiger partial charge in [-0.2, -0.15) is 11.8 Å². The molecule has 1 atom stereocenters. The summed E-state index contributed by atoms with van der Waals surface area (Å²) in [6.07, 6.45) is 2.03. The van der Waals surface area contributed by atoms with Gasteiger partial charge in [0.25, 0.3) is 0 Å². The number of carbonyl (C=O) groups excluding carboxylic acids is 1. The van der Waals surface area contributed by atoms with Crippen molar-refractivity contribution in [1.29, 1.82) is 0 Å². The van der Waals surface area contributed by atoms with E-state index in [1.54, 1.807) is 0 Å². The number of hydrogen-bond acceptors (Lipinski definition) is 4. The minimum atomic E-state index is -0.876. The van der Waals surface area contributed by atoms with Crippen molar-refractivity contribution in [2.45, 2.75) is 19.3 Å². The van der Waals surface area contributed by atoms with Crippen LogP contribution in [0, 0.1) is 11.3 Å². The maximum atomic E-state index is 11.8. The smallest absolute Gasteiger partial charge is 0.314 e. The Hall–Kier alpha value is -0.950. The van der Waals surface area contributed by atoms with E-state index < -0.39 is 11.4 Å². The molecule has 0 radical (unpaired) electrons. The number of carboxylic acid groups (broad SMARTS) is 1. The fraction of sp³-hybridized carbons (Fsp3) is 0.846. The van der Waals surface area contributed by atoms with E-state index in [2.05, 4.69) is 10.6 Å². The molecule has 2 fully saturated rings. The Morgan fingerprint density at radius 2 is 2.05 bits per heavy atom. The molecule has 6 nitrogen and oxygen atoms in total. The lowest BCUT2D eigenvalue weighted by Crippen LogP contribution is -2.49. The molecule has 2 rings (SSSR count). The number of nitrogens with one attached hydrogen (secondary N) is 2. The molecule has 0 aromatic heterocycles. The molecule has 0 aromatic carbocycles. The van der Waals surface area contributed by atoms with E-state index >= 15 is 0 Å². The fourth-order valence-corrected chi connectivity index (χ4v) is 3.81. The standard InChI is InChI=1S/C13H22N2O4S/c16-11(17)13(2-4-19-5-3-13)9-15-12(18)14-7-10-1-6-20-8-10/h10H,1-9H2,(H,16,17)(H2,14,15,18). The van der Waals surface area contributed by atoms with Gasteiger partial charge in [-0.1, -0.05) is 0 Å². The van der Waals surface area contributed by atoms with Crippen LogP contribution in [0.2, 0.25) is 0 Å². The van der Waals surface area contributed by atoms with E-state index in [1.165, 1.54) is 0 Å². The number of carbonyl (C=O) groups is 2. The van der Waals surface area contributed by atoms with E-state index in [4.69, 9.17) is 4.74 Å². The van der Waals surface area contributed by atoms with Gasteiger partial charge >= 0.3 is 12.0 Å². The average molecular weight is 302 g/mol. The zero-order chi connectivity index (χ0) is 14.4. The molecule has 2 heterocycles. The normalized spacial score (nSPS) is 25.1. The molecule has 0 saturated carbocycles. The van der Waals surface area contributed by atoms with Crippen LogP contribution in [0.15, 0.2) is 0 Å². The molecular formula is C13H22N2O4S. The van der Waals surface area contributed by atoms with Crippen molar-refractivity contribution in [3.63, 3.8) is 0 Å². The SMILES string of the molecule is O=C(NCC1CCSC1)NCC1(C(=O)O)CCOCC1. The van der Waals surface area contributed by atoms with Crippen LogP contribution in [-0.2, 0) is 9.53 Å². The molecule has 3 N–H and O–H groups in total. The number of amides is 2.